The lowest BCUT2D eigenvalue weighted by Crippen LogP contribution is -2.36. The highest BCUT2D eigenvalue weighted by Gasteiger charge is 2.07. The summed E-state index contributed by atoms with van der Waals surface area (Å²) in [7, 11) is 7.56. The molecule has 0 bridgehead atoms. The molecule has 2 aromatic carbocycles. The average molecular weight is 553 g/mol. The largest absolute Gasteiger partial charge is 0.492 e. The van der Waals surface area contributed by atoms with Gasteiger partial charge < -0.3 is 25.2 Å². The number of amides is 1. The molecule has 0 heterocycles. The number of nitrogens with one attached hydrogen (secondary N) is 2. The Balaban J connectivity index is 0.00000512. The average Bonchev–Trinajstić information content (AvgIpc) is 2.75. The van der Waals surface area contributed by atoms with Crippen LogP contribution in [0.1, 0.15) is 28.4 Å². The van der Waals surface area contributed by atoms with E-state index in [2.05, 4.69) is 20.5 Å². The second-order valence-electron chi connectivity index (χ2n) is 7.74. The lowest BCUT2D eigenvalue weighted by atomic mass is 10.1. The van der Waals surface area contributed by atoms with Crippen molar-refractivity contribution in [2.24, 2.45) is 4.99 Å². The van der Waals surface area contributed by atoms with Crippen molar-refractivity contribution < 1.29 is 9.53 Å². The predicted octanol–water partition coefficient (Wildman–Crippen LogP) is 3.20. The zero-order valence-electron chi connectivity index (χ0n) is 19.7. The molecule has 2 N–H and O–H groups in total. The first kappa shape index (κ1) is 27.7. The Morgan fingerprint density at radius 2 is 1.72 bits per heavy atom. The number of likely N-dealkylation sites (N-methyl/N-ethyl adjacent to an activating group) is 1. The molecule has 32 heavy (non-hydrogen) atoms. The number of carbonyl (C=O) groups excluding carboxylic acids is 1. The van der Waals surface area contributed by atoms with Crippen LogP contribution >= 0.6 is 24.0 Å². The molecule has 2 aromatic rings. The molecule has 0 aliphatic carbocycles. The summed E-state index contributed by atoms with van der Waals surface area (Å²) in [5, 5.41) is 6.62. The van der Waals surface area contributed by atoms with Crippen molar-refractivity contribution in [3.63, 3.8) is 0 Å². The molecule has 2 rings (SSSR count). The number of rotatable bonds is 10. The molecule has 8 heteroatoms. The first-order valence-electron chi connectivity index (χ1n) is 10.6. The van der Waals surface area contributed by atoms with E-state index in [9.17, 15) is 4.79 Å². The van der Waals surface area contributed by atoms with E-state index in [1.807, 2.05) is 69.6 Å². The number of carbonyl (C=O) groups is 1. The second kappa shape index (κ2) is 14.7. The standard InChI is InChI=1S/C24H35N5O2.HI/c1-6-25-24(26-17-19-10-12-21(13-11-19)23(30)29(4)5)27-18-20-8-7-9-22(16-20)31-15-14-28(2)3;/h7-13,16H,6,14-15,17-18H2,1-5H3,(H2,25,26,27);1H. The summed E-state index contributed by atoms with van der Waals surface area (Å²) in [5.41, 5.74) is 2.85. The van der Waals surface area contributed by atoms with Crippen molar-refractivity contribution in [1.29, 1.82) is 0 Å². The van der Waals surface area contributed by atoms with Crippen LogP contribution in [0.5, 0.6) is 5.75 Å². The number of hydrogen-bond donors (Lipinski definition) is 2. The molecular formula is C24H36IN5O2. The van der Waals surface area contributed by atoms with Gasteiger partial charge in [0, 0.05) is 39.3 Å². The van der Waals surface area contributed by atoms with Crippen LogP contribution in [-0.4, -0.2) is 69.6 Å². The van der Waals surface area contributed by atoms with Crippen LogP contribution in [0.4, 0.5) is 0 Å². The van der Waals surface area contributed by atoms with E-state index in [1.165, 1.54) is 0 Å². The van der Waals surface area contributed by atoms with Crippen molar-refractivity contribution in [2.75, 3.05) is 47.9 Å². The van der Waals surface area contributed by atoms with E-state index in [4.69, 9.17) is 4.74 Å². The molecular weight excluding hydrogens is 517 g/mol. The smallest absolute Gasteiger partial charge is 0.253 e. The van der Waals surface area contributed by atoms with Gasteiger partial charge in [-0.05, 0) is 56.4 Å². The molecule has 0 spiro atoms. The zero-order valence-corrected chi connectivity index (χ0v) is 22.1. The van der Waals surface area contributed by atoms with E-state index in [0.717, 1.165) is 35.9 Å². The first-order chi connectivity index (χ1) is 14.9. The molecule has 0 saturated carbocycles. The number of aliphatic imine (C=N–C) groups is 1. The van der Waals surface area contributed by atoms with Crippen LogP contribution in [0, 0.1) is 0 Å². The fourth-order valence-corrected chi connectivity index (χ4v) is 2.80. The molecule has 7 nitrogen and oxygen atoms in total. The Labute approximate surface area is 209 Å². The molecule has 0 saturated heterocycles. The second-order valence-corrected chi connectivity index (χ2v) is 7.74. The Morgan fingerprint density at radius 3 is 2.34 bits per heavy atom. The molecule has 0 fully saturated rings. The minimum absolute atomic E-state index is 0. The van der Waals surface area contributed by atoms with Crippen LogP contribution < -0.4 is 15.4 Å². The molecule has 0 unspecified atom stereocenters. The maximum Gasteiger partial charge on any atom is 0.253 e. The van der Waals surface area contributed by atoms with Gasteiger partial charge in [-0.2, -0.15) is 0 Å². The van der Waals surface area contributed by atoms with Crippen molar-refractivity contribution in [3.8, 4) is 5.75 Å². The van der Waals surface area contributed by atoms with Crippen LogP contribution in [0.15, 0.2) is 53.5 Å². The van der Waals surface area contributed by atoms with Gasteiger partial charge in [-0.3, -0.25) is 4.79 Å². The number of hydrogen-bond acceptors (Lipinski definition) is 4. The van der Waals surface area contributed by atoms with Gasteiger partial charge in [0.1, 0.15) is 12.4 Å². The topological polar surface area (TPSA) is 69.2 Å². The summed E-state index contributed by atoms with van der Waals surface area (Å²) in [4.78, 5) is 20.4. The molecule has 0 atom stereocenters. The predicted molar refractivity (Wildman–Crippen MR) is 142 cm³/mol. The van der Waals surface area contributed by atoms with Crippen molar-refractivity contribution >= 4 is 35.8 Å². The van der Waals surface area contributed by atoms with Crippen LogP contribution in [0.2, 0.25) is 0 Å². The third-order valence-electron chi connectivity index (χ3n) is 4.54. The summed E-state index contributed by atoms with van der Waals surface area (Å²) in [6.45, 7) is 5.52. The minimum Gasteiger partial charge on any atom is -0.492 e. The SMILES string of the molecule is CCNC(=NCc1cccc(OCCN(C)C)c1)NCc1ccc(C(=O)N(C)C)cc1.I. The monoisotopic (exact) mass is 553 g/mol. The zero-order chi connectivity index (χ0) is 22.6. The molecule has 0 aromatic heterocycles. The summed E-state index contributed by atoms with van der Waals surface area (Å²) in [5.74, 6) is 1.61. The minimum atomic E-state index is 0. The number of ether oxygens (including phenoxy) is 1. The molecule has 1 amide bonds. The highest BCUT2D eigenvalue weighted by molar-refractivity contribution is 14.0. The van der Waals surface area contributed by atoms with Gasteiger partial charge in [0.15, 0.2) is 5.96 Å². The van der Waals surface area contributed by atoms with Gasteiger partial charge in [0.2, 0.25) is 0 Å². The summed E-state index contributed by atoms with van der Waals surface area (Å²) in [6.07, 6.45) is 0. The van der Waals surface area contributed by atoms with Crippen molar-refractivity contribution in [1.82, 2.24) is 20.4 Å². The van der Waals surface area contributed by atoms with Gasteiger partial charge in [-0.15, -0.1) is 24.0 Å². The number of halogens is 1. The fourth-order valence-electron chi connectivity index (χ4n) is 2.80. The van der Waals surface area contributed by atoms with E-state index in [-0.39, 0.29) is 29.9 Å². The van der Waals surface area contributed by atoms with Crippen LogP contribution in [-0.2, 0) is 13.1 Å². The third-order valence-corrected chi connectivity index (χ3v) is 4.54. The van der Waals surface area contributed by atoms with E-state index in [1.54, 1.807) is 19.0 Å². The molecule has 0 radical (unpaired) electrons. The van der Waals surface area contributed by atoms with Crippen LogP contribution in [0.25, 0.3) is 0 Å². The lowest BCUT2D eigenvalue weighted by Gasteiger charge is -2.13. The summed E-state index contributed by atoms with van der Waals surface area (Å²) >= 11 is 0. The molecule has 176 valence electrons. The lowest BCUT2D eigenvalue weighted by molar-refractivity contribution is 0.0827. The van der Waals surface area contributed by atoms with Gasteiger partial charge in [-0.25, -0.2) is 4.99 Å². The van der Waals surface area contributed by atoms with Gasteiger partial charge in [0.25, 0.3) is 5.91 Å². The Hall–Kier alpha value is -2.33. The van der Waals surface area contributed by atoms with Crippen molar-refractivity contribution in [3.05, 3.63) is 65.2 Å². The molecule has 0 aliphatic heterocycles. The quantitative estimate of drug-likeness (QED) is 0.269. The summed E-state index contributed by atoms with van der Waals surface area (Å²) < 4.78 is 5.81. The van der Waals surface area contributed by atoms with E-state index in [0.29, 0.717) is 25.3 Å². The first-order valence-corrected chi connectivity index (χ1v) is 10.6. The van der Waals surface area contributed by atoms with Gasteiger partial charge in [0.05, 0.1) is 6.54 Å². The highest BCUT2D eigenvalue weighted by Crippen LogP contribution is 2.14. The van der Waals surface area contributed by atoms with E-state index >= 15 is 0 Å². The maximum atomic E-state index is 12.0. The Kier molecular flexibility index (Phi) is 12.7. The Morgan fingerprint density at radius 1 is 1.00 bits per heavy atom. The highest BCUT2D eigenvalue weighted by atomic mass is 127. The number of benzene rings is 2. The molecule has 0 aliphatic rings. The van der Waals surface area contributed by atoms with Crippen LogP contribution in [0.3, 0.4) is 0 Å². The maximum absolute atomic E-state index is 12.0. The van der Waals surface area contributed by atoms with Gasteiger partial charge >= 0.3 is 0 Å². The van der Waals surface area contributed by atoms with E-state index < -0.39 is 0 Å². The third kappa shape index (κ3) is 9.86. The normalized spacial score (nSPS) is 11.0. The van der Waals surface area contributed by atoms with Crippen molar-refractivity contribution in [2.45, 2.75) is 20.0 Å². The van der Waals surface area contributed by atoms with Gasteiger partial charge in [-0.1, -0.05) is 24.3 Å². The fraction of sp³-hybridized carbons (Fsp3) is 0.417. The number of guanidine groups is 1. The number of nitrogens with zero attached hydrogens (tertiary/aromatic N) is 3. The summed E-state index contributed by atoms with van der Waals surface area (Å²) in [6, 6.07) is 15.7. The Bertz CT molecular complexity index is 854.